The summed E-state index contributed by atoms with van der Waals surface area (Å²) in [5.41, 5.74) is 1.26. The van der Waals surface area contributed by atoms with Gasteiger partial charge in [0.1, 0.15) is 0 Å². The van der Waals surface area contributed by atoms with E-state index in [1.807, 2.05) is 23.1 Å². The summed E-state index contributed by atoms with van der Waals surface area (Å²) < 4.78 is 23.0. The zero-order valence-electron chi connectivity index (χ0n) is 15.9. The molecule has 1 fully saturated rings. The standard InChI is InChI=1S/C19H31N3O3S/c1-3-22(4-2)18(14-17-8-6-5-7-9-17)15-20-19(23)16-21-10-12-26(24,25)13-11-21/h5-9,18H,3-4,10-16H2,1-2H3,(H,20,23). The molecule has 0 spiro atoms. The third-order valence-corrected chi connectivity index (χ3v) is 6.59. The monoisotopic (exact) mass is 381 g/mol. The van der Waals surface area contributed by atoms with Gasteiger partial charge in [-0.1, -0.05) is 44.2 Å². The molecule has 1 heterocycles. The number of nitrogens with zero attached hydrogens (tertiary/aromatic N) is 2. The molecule has 1 amide bonds. The van der Waals surface area contributed by atoms with Crippen LogP contribution in [0.5, 0.6) is 0 Å². The van der Waals surface area contributed by atoms with Gasteiger partial charge in [0, 0.05) is 25.7 Å². The van der Waals surface area contributed by atoms with Gasteiger partial charge in [0.15, 0.2) is 9.84 Å². The van der Waals surface area contributed by atoms with E-state index in [2.05, 4.69) is 36.2 Å². The molecule has 2 rings (SSSR count). The number of carbonyl (C=O) groups excluding carboxylic acids is 1. The largest absolute Gasteiger partial charge is 0.353 e. The second-order valence-corrected chi connectivity index (χ2v) is 9.10. The molecular formula is C19H31N3O3S. The fourth-order valence-electron chi connectivity index (χ4n) is 3.36. The summed E-state index contributed by atoms with van der Waals surface area (Å²) in [5.74, 6) is 0.265. The maximum atomic E-state index is 12.3. The molecule has 0 bridgehead atoms. The number of amides is 1. The summed E-state index contributed by atoms with van der Waals surface area (Å²) >= 11 is 0. The lowest BCUT2D eigenvalue weighted by Gasteiger charge is -2.31. The lowest BCUT2D eigenvalue weighted by molar-refractivity contribution is -0.122. The topological polar surface area (TPSA) is 69.7 Å². The lowest BCUT2D eigenvalue weighted by Crippen LogP contribution is -2.49. The highest BCUT2D eigenvalue weighted by Crippen LogP contribution is 2.09. The van der Waals surface area contributed by atoms with E-state index in [-0.39, 0.29) is 30.0 Å². The van der Waals surface area contributed by atoms with Crippen molar-refractivity contribution in [3.63, 3.8) is 0 Å². The van der Waals surface area contributed by atoms with Crippen LogP contribution in [-0.4, -0.2) is 80.9 Å². The summed E-state index contributed by atoms with van der Waals surface area (Å²) in [4.78, 5) is 16.6. The van der Waals surface area contributed by atoms with Crippen LogP contribution in [0, 0.1) is 0 Å². The number of benzene rings is 1. The van der Waals surface area contributed by atoms with Crippen LogP contribution in [0.1, 0.15) is 19.4 Å². The molecule has 7 heteroatoms. The van der Waals surface area contributed by atoms with Gasteiger partial charge in [0.05, 0.1) is 18.1 Å². The van der Waals surface area contributed by atoms with Gasteiger partial charge in [-0.2, -0.15) is 0 Å². The molecular weight excluding hydrogens is 350 g/mol. The summed E-state index contributed by atoms with van der Waals surface area (Å²) in [6, 6.07) is 10.6. The molecule has 1 saturated heterocycles. The van der Waals surface area contributed by atoms with Crippen molar-refractivity contribution >= 4 is 15.7 Å². The van der Waals surface area contributed by atoms with Crippen molar-refractivity contribution in [1.82, 2.24) is 15.1 Å². The smallest absolute Gasteiger partial charge is 0.234 e. The molecule has 0 aromatic heterocycles. The average Bonchev–Trinajstić information content (AvgIpc) is 2.63. The Morgan fingerprint density at radius 3 is 2.35 bits per heavy atom. The van der Waals surface area contributed by atoms with Crippen molar-refractivity contribution in [3.05, 3.63) is 35.9 Å². The van der Waals surface area contributed by atoms with Crippen molar-refractivity contribution in [2.24, 2.45) is 0 Å². The van der Waals surface area contributed by atoms with E-state index in [0.29, 0.717) is 19.6 Å². The quantitative estimate of drug-likeness (QED) is 0.685. The number of rotatable bonds is 9. The van der Waals surface area contributed by atoms with E-state index in [1.165, 1.54) is 5.56 Å². The highest BCUT2D eigenvalue weighted by molar-refractivity contribution is 7.91. The summed E-state index contributed by atoms with van der Waals surface area (Å²) in [6.07, 6.45) is 0.894. The number of nitrogens with one attached hydrogen (secondary N) is 1. The maximum Gasteiger partial charge on any atom is 0.234 e. The zero-order valence-corrected chi connectivity index (χ0v) is 16.7. The predicted molar refractivity (Wildman–Crippen MR) is 105 cm³/mol. The Morgan fingerprint density at radius 1 is 1.15 bits per heavy atom. The molecule has 6 nitrogen and oxygen atoms in total. The van der Waals surface area contributed by atoms with Gasteiger partial charge < -0.3 is 5.32 Å². The first-order valence-corrected chi connectivity index (χ1v) is 11.2. The van der Waals surface area contributed by atoms with Crippen molar-refractivity contribution < 1.29 is 13.2 Å². The first-order chi connectivity index (χ1) is 12.4. The predicted octanol–water partition coefficient (Wildman–Crippen LogP) is 0.786. The second kappa shape index (κ2) is 10.0. The van der Waals surface area contributed by atoms with Crippen molar-refractivity contribution in [2.45, 2.75) is 26.3 Å². The minimum Gasteiger partial charge on any atom is -0.353 e. The van der Waals surface area contributed by atoms with Crippen LogP contribution in [0.3, 0.4) is 0 Å². The van der Waals surface area contributed by atoms with Crippen molar-refractivity contribution in [3.8, 4) is 0 Å². The Balaban J connectivity index is 1.86. The fourth-order valence-corrected chi connectivity index (χ4v) is 4.63. The molecule has 0 aliphatic carbocycles. The Bertz CT molecular complexity index is 646. The Kier molecular flexibility index (Phi) is 8.06. The first-order valence-electron chi connectivity index (χ1n) is 9.41. The van der Waals surface area contributed by atoms with Gasteiger partial charge >= 0.3 is 0 Å². The summed E-state index contributed by atoms with van der Waals surface area (Å²) in [7, 11) is -2.91. The van der Waals surface area contributed by atoms with Crippen LogP contribution in [0.25, 0.3) is 0 Å². The van der Waals surface area contributed by atoms with Crippen LogP contribution in [0.2, 0.25) is 0 Å². The lowest BCUT2D eigenvalue weighted by atomic mass is 10.0. The van der Waals surface area contributed by atoms with Gasteiger partial charge in [-0.3, -0.25) is 14.6 Å². The van der Waals surface area contributed by atoms with Crippen LogP contribution >= 0.6 is 0 Å². The van der Waals surface area contributed by atoms with Crippen LogP contribution < -0.4 is 5.32 Å². The minimum absolute atomic E-state index is 0.0329. The molecule has 0 saturated carbocycles. The zero-order chi connectivity index (χ0) is 19.0. The molecule has 26 heavy (non-hydrogen) atoms. The van der Waals surface area contributed by atoms with Gasteiger partial charge in [0.2, 0.25) is 5.91 Å². The molecule has 1 aromatic carbocycles. The van der Waals surface area contributed by atoms with E-state index in [0.717, 1.165) is 19.5 Å². The van der Waals surface area contributed by atoms with Gasteiger partial charge in [-0.15, -0.1) is 0 Å². The van der Waals surface area contributed by atoms with Crippen LogP contribution in [0.4, 0.5) is 0 Å². The van der Waals surface area contributed by atoms with Gasteiger partial charge in [-0.05, 0) is 25.1 Å². The first kappa shape index (κ1) is 20.9. The number of sulfone groups is 1. The minimum atomic E-state index is -2.91. The molecule has 1 aliphatic heterocycles. The van der Waals surface area contributed by atoms with E-state index >= 15 is 0 Å². The number of hydrogen-bond donors (Lipinski definition) is 1. The van der Waals surface area contributed by atoms with E-state index in [4.69, 9.17) is 0 Å². The maximum absolute atomic E-state index is 12.3. The Labute approximate surface area is 157 Å². The molecule has 1 aromatic rings. The Hall–Kier alpha value is -1.44. The van der Waals surface area contributed by atoms with Crippen LogP contribution in [-0.2, 0) is 21.1 Å². The average molecular weight is 382 g/mol. The normalized spacial score (nSPS) is 18.6. The molecule has 0 radical (unpaired) electrons. The molecule has 1 N–H and O–H groups in total. The van der Waals surface area contributed by atoms with Crippen molar-refractivity contribution in [1.29, 1.82) is 0 Å². The molecule has 1 aliphatic rings. The number of hydrogen-bond acceptors (Lipinski definition) is 5. The van der Waals surface area contributed by atoms with E-state index < -0.39 is 9.84 Å². The summed E-state index contributed by atoms with van der Waals surface area (Å²) in [5, 5.41) is 3.05. The highest BCUT2D eigenvalue weighted by atomic mass is 32.2. The molecule has 1 unspecified atom stereocenters. The van der Waals surface area contributed by atoms with E-state index in [9.17, 15) is 13.2 Å². The molecule has 1 atom stereocenters. The fraction of sp³-hybridized carbons (Fsp3) is 0.632. The van der Waals surface area contributed by atoms with Gasteiger partial charge in [0.25, 0.3) is 0 Å². The van der Waals surface area contributed by atoms with Crippen LogP contribution in [0.15, 0.2) is 30.3 Å². The number of carbonyl (C=O) groups is 1. The highest BCUT2D eigenvalue weighted by Gasteiger charge is 2.23. The SMILES string of the molecule is CCN(CC)C(CNC(=O)CN1CCS(=O)(=O)CC1)Cc1ccccc1. The Morgan fingerprint density at radius 2 is 1.77 bits per heavy atom. The second-order valence-electron chi connectivity index (χ2n) is 6.80. The molecule has 146 valence electrons. The van der Waals surface area contributed by atoms with Gasteiger partial charge in [-0.25, -0.2) is 8.42 Å². The van der Waals surface area contributed by atoms with E-state index in [1.54, 1.807) is 0 Å². The van der Waals surface area contributed by atoms with Crippen molar-refractivity contribution in [2.75, 3.05) is 50.8 Å². The third-order valence-electron chi connectivity index (χ3n) is 4.98. The third kappa shape index (κ3) is 6.70. The summed E-state index contributed by atoms with van der Waals surface area (Å²) in [6.45, 7) is 7.91. The number of likely N-dealkylation sites (N-methyl/N-ethyl adjacent to an activating group) is 1.